The van der Waals surface area contributed by atoms with Crippen molar-refractivity contribution in [3.63, 3.8) is 0 Å². The van der Waals surface area contributed by atoms with E-state index in [1.807, 2.05) is 13.8 Å². The van der Waals surface area contributed by atoms with E-state index in [0.29, 0.717) is 18.5 Å². The lowest BCUT2D eigenvalue weighted by atomic mass is 9.92. The standard InChI is InChI=1S/C14H21N3O3/c1-5-14(6-2,13(19)20)16-10-7-8-15-11(9-10)12(18)17(3)4/h7-9H,5-6H2,1-4H3,(H,15,16)(H,19,20). The largest absolute Gasteiger partial charge is 0.480 e. The molecule has 0 bridgehead atoms. The molecule has 1 heterocycles. The zero-order valence-corrected chi connectivity index (χ0v) is 12.3. The third kappa shape index (κ3) is 3.26. The van der Waals surface area contributed by atoms with Gasteiger partial charge in [0.25, 0.3) is 5.91 Å². The number of hydrogen-bond donors (Lipinski definition) is 2. The van der Waals surface area contributed by atoms with Crippen LogP contribution in [-0.2, 0) is 4.79 Å². The Morgan fingerprint density at radius 3 is 2.40 bits per heavy atom. The molecule has 0 saturated heterocycles. The summed E-state index contributed by atoms with van der Waals surface area (Å²) in [6, 6.07) is 3.24. The molecule has 0 aliphatic rings. The van der Waals surface area contributed by atoms with E-state index in [2.05, 4.69) is 10.3 Å². The Balaban J connectivity index is 3.06. The average Bonchev–Trinajstić information content (AvgIpc) is 2.43. The fourth-order valence-electron chi connectivity index (χ4n) is 1.91. The first-order chi connectivity index (χ1) is 9.36. The van der Waals surface area contributed by atoms with Gasteiger partial charge in [-0.2, -0.15) is 0 Å². The van der Waals surface area contributed by atoms with Crippen LogP contribution < -0.4 is 5.32 Å². The molecule has 1 amide bonds. The zero-order chi connectivity index (χ0) is 15.3. The summed E-state index contributed by atoms with van der Waals surface area (Å²) in [5.41, 5.74) is -0.164. The molecular formula is C14H21N3O3. The fraction of sp³-hybridized carbons (Fsp3) is 0.500. The molecule has 1 aromatic heterocycles. The number of carbonyl (C=O) groups is 2. The summed E-state index contributed by atoms with van der Waals surface area (Å²) in [6.07, 6.45) is 2.38. The highest BCUT2D eigenvalue weighted by molar-refractivity contribution is 5.93. The van der Waals surface area contributed by atoms with Gasteiger partial charge in [0.1, 0.15) is 11.2 Å². The second-order valence-corrected chi connectivity index (χ2v) is 4.85. The maximum atomic E-state index is 11.9. The van der Waals surface area contributed by atoms with Crippen molar-refractivity contribution in [1.82, 2.24) is 9.88 Å². The normalized spacial score (nSPS) is 11.0. The summed E-state index contributed by atoms with van der Waals surface area (Å²) in [7, 11) is 3.29. The highest BCUT2D eigenvalue weighted by Gasteiger charge is 2.34. The minimum Gasteiger partial charge on any atom is -0.480 e. The van der Waals surface area contributed by atoms with Crippen LogP contribution in [0.3, 0.4) is 0 Å². The number of carboxylic acid groups (broad SMARTS) is 1. The molecule has 6 heteroatoms. The summed E-state index contributed by atoms with van der Waals surface area (Å²) >= 11 is 0. The van der Waals surface area contributed by atoms with Crippen molar-refractivity contribution in [2.24, 2.45) is 0 Å². The average molecular weight is 279 g/mol. The molecule has 6 nitrogen and oxygen atoms in total. The summed E-state index contributed by atoms with van der Waals surface area (Å²) in [4.78, 5) is 28.8. The number of carboxylic acids is 1. The van der Waals surface area contributed by atoms with Crippen LogP contribution in [0.15, 0.2) is 18.3 Å². The molecule has 0 aromatic carbocycles. The smallest absolute Gasteiger partial charge is 0.329 e. The molecule has 0 unspecified atom stereocenters. The Morgan fingerprint density at radius 1 is 1.35 bits per heavy atom. The predicted octanol–water partition coefficient (Wildman–Crippen LogP) is 1.84. The molecule has 0 fully saturated rings. The predicted molar refractivity (Wildman–Crippen MR) is 76.8 cm³/mol. The minimum atomic E-state index is -1.03. The number of carbonyl (C=O) groups excluding carboxylic acids is 1. The maximum Gasteiger partial charge on any atom is 0.329 e. The molecule has 0 atom stereocenters. The number of hydrogen-bond acceptors (Lipinski definition) is 4. The number of nitrogens with one attached hydrogen (secondary N) is 1. The van der Waals surface area contributed by atoms with Gasteiger partial charge in [-0.25, -0.2) is 4.79 Å². The van der Waals surface area contributed by atoms with E-state index in [4.69, 9.17) is 0 Å². The van der Waals surface area contributed by atoms with Gasteiger partial charge in [-0.15, -0.1) is 0 Å². The molecular weight excluding hydrogens is 258 g/mol. The van der Waals surface area contributed by atoms with Crippen LogP contribution in [0.1, 0.15) is 37.2 Å². The summed E-state index contributed by atoms with van der Waals surface area (Å²) in [6.45, 7) is 3.63. The van der Waals surface area contributed by atoms with Crippen LogP contribution in [0.2, 0.25) is 0 Å². The molecule has 0 saturated carbocycles. The van der Waals surface area contributed by atoms with E-state index in [1.54, 1.807) is 26.2 Å². The van der Waals surface area contributed by atoms with Crippen LogP contribution >= 0.6 is 0 Å². The molecule has 0 radical (unpaired) electrons. The SMILES string of the molecule is CCC(CC)(Nc1ccnc(C(=O)N(C)C)c1)C(=O)O. The number of nitrogens with zero attached hydrogens (tertiary/aromatic N) is 2. The fourth-order valence-corrected chi connectivity index (χ4v) is 1.91. The van der Waals surface area contributed by atoms with Crippen molar-refractivity contribution in [1.29, 1.82) is 0 Å². The van der Waals surface area contributed by atoms with E-state index in [0.717, 1.165) is 0 Å². The van der Waals surface area contributed by atoms with Gasteiger partial charge in [-0.3, -0.25) is 9.78 Å². The van der Waals surface area contributed by atoms with Crippen LogP contribution in [0.4, 0.5) is 5.69 Å². The first kappa shape index (κ1) is 15.9. The third-order valence-electron chi connectivity index (χ3n) is 3.39. The molecule has 110 valence electrons. The lowest BCUT2D eigenvalue weighted by Gasteiger charge is -2.29. The number of aromatic nitrogens is 1. The number of aliphatic carboxylic acids is 1. The van der Waals surface area contributed by atoms with Crippen molar-refractivity contribution in [2.75, 3.05) is 19.4 Å². The van der Waals surface area contributed by atoms with Crippen LogP contribution in [0.25, 0.3) is 0 Å². The Bertz CT molecular complexity index is 496. The number of amides is 1. The molecule has 0 aliphatic heterocycles. The maximum absolute atomic E-state index is 11.9. The molecule has 0 spiro atoms. The van der Waals surface area contributed by atoms with Gasteiger partial charge in [0.15, 0.2) is 0 Å². The van der Waals surface area contributed by atoms with E-state index in [1.165, 1.54) is 11.1 Å². The molecule has 20 heavy (non-hydrogen) atoms. The van der Waals surface area contributed by atoms with E-state index >= 15 is 0 Å². The molecule has 1 rings (SSSR count). The van der Waals surface area contributed by atoms with Gasteiger partial charge in [0.05, 0.1) is 0 Å². The Hall–Kier alpha value is -2.11. The quantitative estimate of drug-likeness (QED) is 0.830. The monoisotopic (exact) mass is 279 g/mol. The van der Waals surface area contributed by atoms with E-state index in [-0.39, 0.29) is 11.6 Å². The summed E-state index contributed by atoms with van der Waals surface area (Å²) in [5, 5.41) is 12.4. The lowest BCUT2D eigenvalue weighted by molar-refractivity contribution is -0.142. The molecule has 2 N–H and O–H groups in total. The van der Waals surface area contributed by atoms with E-state index < -0.39 is 11.5 Å². The third-order valence-corrected chi connectivity index (χ3v) is 3.39. The highest BCUT2D eigenvalue weighted by Crippen LogP contribution is 2.23. The Morgan fingerprint density at radius 2 is 1.95 bits per heavy atom. The zero-order valence-electron chi connectivity index (χ0n) is 12.3. The van der Waals surface area contributed by atoms with Gasteiger partial charge in [0.2, 0.25) is 0 Å². The van der Waals surface area contributed by atoms with Crippen LogP contribution in [-0.4, -0.2) is 46.5 Å². The van der Waals surface area contributed by atoms with Crippen LogP contribution in [0.5, 0.6) is 0 Å². The van der Waals surface area contributed by atoms with Crippen molar-refractivity contribution in [3.05, 3.63) is 24.0 Å². The highest BCUT2D eigenvalue weighted by atomic mass is 16.4. The second kappa shape index (κ2) is 6.36. The summed E-state index contributed by atoms with van der Waals surface area (Å²) < 4.78 is 0. The van der Waals surface area contributed by atoms with Gasteiger partial charge < -0.3 is 15.3 Å². The Kier molecular flexibility index (Phi) is 5.07. The van der Waals surface area contributed by atoms with E-state index in [9.17, 15) is 14.7 Å². The molecule has 0 aliphatic carbocycles. The number of rotatable bonds is 6. The van der Waals surface area contributed by atoms with Crippen molar-refractivity contribution >= 4 is 17.6 Å². The minimum absolute atomic E-state index is 0.220. The lowest BCUT2D eigenvalue weighted by Crippen LogP contribution is -2.45. The van der Waals surface area contributed by atoms with Gasteiger partial charge >= 0.3 is 5.97 Å². The topological polar surface area (TPSA) is 82.5 Å². The van der Waals surface area contributed by atoms with Gasteiger partial charge in [0, 0.05) is 26.0 Å². The summed E-state index contributed by atoms with van der Waals surface area (Å²) in [5.74, 6) is -1.12. The van der Waals surface area contributed by atoms with Crippen LogP contribution in [0, 0.1) is 0 Å². The second-order valence-electron chi connectivity index (χ2n) is 4.85. The van der Waals surface area contributed by atoms with Crippen molar-refractivity contribution in [3.8, 4) is 0 Å². The Labute approximate surface area is 118 Å². The van der Waals surface area contributed by atoms with Gasteiger partial charge in [-0.1, -0.05) is 13.8 Å². The van der Waals surface area contributed by atoms with Crippen molar-refractivity contribution < 1.29 is 14.7 Å². The first-order valence-electron chi connectivity index (χ1n) is 6.55. The number of pyridine rings is 1. The molecule has 1 aromatic rings. The first-order valence-corrected chi connectivity index (χ1v) is 6.55. The van der Waals surface area contributed by atoms with Crippen molar-refractivity contribution in [2.45, 2.75) is 32.2 Å². The van der Waals surface area contributed by atoms with Gasteiger partial charge in [-0.05, 0) is 25.0 Å². The number of anilines is 1.